The molecule has 34 heavy (non-hydrogen) atoms. The zero-order valence-corrected chi connectivity index (χ0v) is 20.6. The first kappa shape index (κ1) is 22.9. The number of hydrogen-bond acceptors (Lipinski definition) is 7. The molecule has 2 aromatic rings. The molecule has 5 rings (SSSR count). The zero-order valence-electron chi connectivity index (χ0n) is 20.6. The summed E-state index contributed by atoms with van der Waals surface area (Å²) >= 11 is 0. The SMILES string of the molecule is CCn1c(CC2CN(C(=O)OC(C)(C)C)C2)nc2c(N[C@H]3CCN(C(=O)C4CC4)C3)ncnc21. The summed E-state index contributed by atoms with van der Waals surface area (Å²) in [6.07, 6.45) is 5.08. The number of likely N-dealkylation sites (tertiary alicyclic amines) is 2. The summed E-state index contributed by atoms with van der Waals surface area (Å²) in [5.41, 5.74) is 1.11. The second kappa shape index (κ2) is 8.70. The molecular weight excluding hydrogens is 434 g/mol. The lowest BCUT2D eigenvalue weighted by Gasteiger charge is -2.39. The van der Waals surface area contributed by atoms with Gasteiger partial charge in [-0.25, -0.2) is 19.7 Å². The van der Waals surface area contributed by atoms with Crippen molar-refractivity contribution in [1.29, 1.82) is 0 Å². The predicted octanol–water partition coefficient (Wildman–Crippen LogP) is 2.68. The summed E-state index contributed by atoms with van der Waals surface area (Å²) < 4.78 is 7.60. The Morgan fingerprint density at radius 3 is 2.56 bits per heavy atom. The van der Waals surface area contributed by atoms with E-state index in [-0.39, 0.29) is 18.1 Å². The van der Waals surface area contributed by atoms with E-state index in [1.54, 1.807) is 11.2 Å². The Morgan fingerprint density at radius 2 is 1.88 bits per heavy atom. The number of nitrogens with one attached hydrogen (secondary N) is 1. The molecule has 4 heterocycles. The first-order valence-corrected chi connectivity index (χ1v) is 12.4. The Hall–Kier alpha value is -2.91. The summed E-state index contributed by atoms with van der Waals surface area (Å²) in [7, 11) is 0. The van der Waals surface area contributed by atoms with Crippen molar-refractivity contribution in [2.24, 2.45) is 11.8 Å². The van der Waals surface area contributed by atoms with Gasteiger partial charge in [0.05, 0.1) is 0 Å². The van der Waals surface area contributed by atoms with E-state index in [4.69, 9.17) is 9.72 Å². The number of fused-ring (bicyclic) bond motifs is 1. The first-order chi connectivity index (χ1) is 16.2. The number of imidazole rings is 1. The molecule has 0 bridgehead atoms. The number of rotatable bonds is 6. The van der Waals surface area contributed by atoms with Crippen LogP contribution in [0.4, 0.5) is 10.6 Å². The van der Waals surface area contributed by atoms with E-state index in [1.165, 1.54) is 0 Å². The Balaban J connectivity index is 1.25. The molecule has 2 aromatic heterocycles. The van der Waals surface area contributed by atoms with Gasteiger partial charge in [-0.05, 0) is 47.0 Å². The van der Waals surface area contributed by atoms with Gasteiger partial charge < -0.3 is 24.4 Å². The molecule has 1 atom stereocenters. The van der Waals surface area contributed by atoms with Crippen LogP contribution in [0.3, 0.4) is 0 Å². The standard InChI is InChI=1S/C24H35N7O3/c1-5-31-18(10-15-11-30(12-15)23(33)34-24(2,3)4)28-19-20(25-14-26-21(19)31)27-17-8-9-29(13-17)22(32)16-6-7-16/h14-17H,5-13H2,1-4H3,(H,25,26,27)/t17-/m0/s1. The van der Waals surface area contributed by atoms with Crippen LogP contribution in [0.1, 0.15) is 52.8 Å². The molecule has 0 radical (unpaired) electrons. The van der Waals surface area contributed by atoms with Gasteiger partial charge in [0.2, 0.25) is 5.91 Å². The summed E-state index contributed by atoms with van der Waals surface area (Å²) in [4.78, 5) is 42.3. The smallest absolute Gasteiger partial charge is 0.410 e. The van der Waals surface area contributed by atoms with E-state index < -0.39 is 5.60 Å². The topological polar surface area (TPSA) is 105 Å². The van der Waals surface area contributed by atoms with Gasteiger partial charge in [-0.2, -0.15) is 0 Å². The van der Waals surface area contributed by atoms with Gasteiger partial charge in [-0.3, -0.25) is 4.79 Å². The van der Waals surface area contributed by atoms with Crippen molar-refractivity contribution in [2.45, 2.75) is 71.6 Å². The van der Waals surface area contributed by atoms with Gasteiger partial charge in [-0.1, -0.05) is 0 Å². The maximum absolute atomic E-state index is 12.4. The number of anilines is 1. The van der Waals surface area contributed by atoms with Crippen molar-refractivity contribution in [3.05, 3.63) is 12.2 Å². The van der Waals surface area contributed by atoms with Crippen LogP contribution >= 0.6 is 0 Å². The van der Waals surface area contributed by atoms with Gasteiger partial charge in [-0.15, -0.1) is 0 Å². The van der Waals surface area contributed by atoms with Gasteiger partial charge in [0.25, 0.3) is 0 Å². The van der Waals surface area contributed by atoms with Gasteiger partial charge >= 0.3 is 6.09 Å². The quantitative estimate of drug-likeness (QED) is 0.693. The number of nitrogens with zero attached hydrogens (tertiary/aromatic N) is 6. The highest BCUT2D eigenvalue weighted by Crippen LogP contribution is 2.33. The highest BCUT2D eigenvalue weighted by Gasteiger charge is 2.37. The molecule has 0 spiro atoms. The van der Waals surface area contributed by atoms with Gasteiger partial charge in [0.1, 0.15) is 17.8 Å². The van der Waals surface area contributed by atoms with Crippen molar-refractivity contribution in [3.63, 3.8) is 0 Å². The molecule has 184 valence electrons. The van der Waals surface area contributed by atoms with E-state index in [0.29, 0.717) is 31.5 Å². The lowest BCUT2D eigenvalue weighted by molar-refractivity contribution is -0.131. The minimum atomic E-state index is -0.484. The maximum atomic E-state index is 12.4. The Labute approximate surface area is 200 Å². The predicted molar refractivity (Wildman–Crippen MR) is 127 cm³/mol. The largest absolute Gasteiger partial charge is 0.444 e. The Kier molecular flexibility index (Phi) is 5.85. The van der Waals surface area contributed by atoms with Gasteiger partial charge in [0, 0.05) is 57.0 Å². The second-order valence-electron chi connectivity index (χ2n) is 10.8. The molecule has 3 aliphatic rings. The third-order valence-corrected chi connectivity index (χ3v) is 6.77. The minimum absolute atomic E-state index is 0.171. The number of carbonyl (C=O) groups excluding carboxylic acids is 2. The molecule has 2 saturated heterocycles. The van der Waals surface area contributed by atoms with Crippen LogP contribution in [0, 0.1) is 11.8 Å². The summed E-state index contributed by atoms with van der Waals surface area (Å²) in [5.74, 6) is 2.59. The van der Waals surface area contributed by atoms with Crippen LogP contribution in [0.5, 0.6) is 0 Å². The Bertz CT molecular complexity index is 1080. The average molecular weight is 470 g/mol. The first-order valence-electron chi connectivity index (χ1n) is 12.4. The molecule has 1 aliphatic carbocycles. The van der Waals surface area contributed by atoms with Crippen molar-refractivity contribution >= 4 is 29.0 Å². The number of aromatic nitrogens is 4. The number of amides is 2. The summed E-state index contributed by atoms with van der Waals surface area (Å²) in [5, 5.41) is 3.53. The van der Waals surface area contributed by atoms with Crippen molar-refractivity contribution < 1.29 is 14.3 Å². The molecule has 10 heteroatoms. The number of ether oxygens (including phenoxy) is 1. The monoisotopic (exact) mass is 469 g/mol. The van der Waals surface area contributed by atoms with E-state index in [2.05, 4.69) is 26.8 Å². The second-order valence-corrected chi connectivity index (χ2v) is 10.8. The van der Waals surface area contributed by atoms with Crippen LogP contribution in [-0.4, -0.2) is 79.1 Å². The molecule has 3 fully saturated rings. The zero-order chi connectivity index (χ0) is 24.0. The van der Waals surface area contributed by atoms with Crippen LogP contribution < -0.4 is 5.32 Å². The number of hydrogen-bond donors (Lipinski definition) is 1. The normalized spacial score (nSPS) is 21.1. The lowest BCUT2D eigenvalue weighted by atomic mass is 9.96. The lowest BCUT2D eigenvalue weighted by Crippen LogP contribution is -2.52. The number of aryl methyl sites for hydroxylation is 1. The van der Waals surface area contributed by atoms with Crippen molar-refractivity contribution in [1.82, 2.24) is 29.3 Å². The van der Waals surface area contributed by atoms with Gasteiger partial charge in [0.15, 0.2) is 17.0 Å². The van der Waals surface area contributed by atoms with Crippen molar-refractivity contribution in [3.8, 4) is 0 Å². The molecular formula is C24H35N7O3. The van der Waals surface area contributed by atoms with E-state index >= 15 is 0 Å². The third kappa shape index (κ3) is 4.67. The molecule has 2 amide bonds. The fourth-order valence-electron chi connectivity index (χ4n) is 4.87. The van der Waals surface area contributed by atoms with E-state index in [1.807, 2.05) is 25.7 Å². The van der Waals surface area contributed by atoms with Crippen LogP contribution in [0.2, 0.25) is 0 Å². The number of carbonyl (C=O) groups is 2. The third-order valence-electron chi connectivity index (χ3n) is 6.77. The molecule has 0 unspecified atom stereocenters. The summed E-state index contributed by atoms with van der Waals surface area (Å²) in [6.45, 7) is 11.4. The molecule has 2 aliphatic heterocycles. The van der Waals surface area contributed by atoms with Crippen LogP contribution in [0.25, 0.3) is 11.2 Å². The molecule has 1 saturated carbocycles. The van der Waals surface area contributed by atoms with Crippen LogP contribution in [-0.2, 0) is 22.5 Å². The minimum Gasteiger partial charge on any atom is -0.444 e. The highest BCUT2D eigenvalue weighted by molar-refractivity contribution is 5.84. The fourth-order valence-corrected chi connectivity index (χ4v) is 4.87. The van der Waals surface area contributed by atoms with E-state index in [9.17, 15) is 9.59 Å². The average Bonchev–Trinajstić information content (AvgIpc) is 3.38. The van der Waals surface area contributed by atoms with Crippen molar-refractivity contribution in [2.75, 3.05) is 31.5 Å². The Morgan fingerprint density at radius 1 is 1.12 bits per heavy atom. The summed E-state index contributed by atoms with van der Waals surface area (Å²) in [6, 6.07) is 0.171. The highest BCUT2D eigenvalue weighted by atomic mass is 16.6. The van der Waals surface area contributed by atoms with E-state index in [0.717, 1.165) is 61.6 Å². The maximum Gasteiger partial charge on any atom is 0.410 e. The molecule has 0 aromatic carbocycles. The molecule has 1 N–H and O–H groups in total. The van der Waals surface area contributed by atoms with Crippen LogP contribution in [0.15, 0.2) is 6.33 Å². The fraction of sp³-hybridized carbons (Fsp3) is 0.708. The molecule has 10 nitrogen and oxygen atoms in total.